The summed E-state index contributed by atoms with van der Waals surface area (Å²) in [7, 11) is 0. The lowest BCUT2D eigenvalue weighted by Crippen LogP contribution is -2.20. The van der Waals surface area contributed by atoms with Crippen molar-refractivity contribution in [3.05, 3.63) is 96.1 Å². The zero-order chi connectivity index (χ0) is 21.2. The first kappa shape index (κ1) is 20.4. The number of carbonyl (C=O) groups excluding carboxylic acids is 2. The van der Waals surface area contributed by atoms with Gasteiger partial charge in [-0.25, -0.2) is 4.79 Å². The third kappa shape index (κ3) is 6.36. The van der Waals surface area contributed by atoms with Crippen LogP contribution in [0.3, 0.4) is 0 Å². The van der Waals surface area contributed by atoms with Gasteiger partial charge in [-0.3, -0.25) is 4.79 Å². The molecular weight excluding hydrogens is 380 g/mol. The standard InChI is InChI=1S/C24H18N2O4/c25-16-19-8-6-18(7-9-19)10-15-24(28)29-17-23(27)26-20-11-13-22(14-12-20)30-21-4-2-1-3-5-21/h1-15H,17H2,(H,26,27)/b15-10+. The summed E-state index contributed by atoms with van der Waals surface area (Å²) in [5.74, 6) is 0.266. The van der Waals surface area contributed by atoms with Crippen LogP contribution in [0.5, 0.6) is 11.5 Å². The van der Waals surface area contributed by atoms with Crippen LogP contribution in [0.4, 0.5) is 5.69 Å². The van der Waals surface area contributed by atoms with Gasteiger partial charge in [0.2, 0.25) is 0 Å². The van der Waals surface area contributed by atoms with Crippen molar-refractivity contribution in [2.75, 3.05) is 11.9 Å². The maximum atomic E-state index is 12.0. The summed E-state index contributed by atoms with van der Waals surface area (Å²) >= 11 is 0. The molecule has 6 heteroatoms. The normalized spacial score (nSPS) is 10.2. The number of anilines is 1. The van der Waals surface area contributed by atoms with E-state index in [0.717, 1.165) is 11.3 Å². The lowest BCUT2D eigenvalue weighted by Gasteiger charge is -2.08. The van der Waals surface area contributed by atoms with Crippen LogP contribution in [0.1, 0.15) is 11.1 Å². The molecule has 1 N–H and O–H groups in total. The molecule has 0 aliphatic heterocycles. The van der Waals surface area contributed by atoms with Crippen LogP contribution in [-0.4, -0.2) is 18.5 Å². The van der Waals surface area contributed by atoms with E-state index in [2.05, 4.69) is 5.32 Å². The minimum absolute atomic E-state index is 0.404. The zero-order valence-corrected chi connectivity index (χ0v) is 15.9. The third-order valence-electron chi connectivity index (χ3n) is 3.91. The highest BCUT2D eigenvalue weighted by atomic mass is 16.5. The summed E-state index contributed by atoms with van der Waals surface area (Å²) in [5, 5.41) is 11.4. The molecule has 1 amide bonds. The summed E-state index contributed by atoms with van der Waals surface area (Å²) in [6.45, 7) is -0.404. The molecule has 0 unspecified atom stereocenters. The second-order valence-corrected chi connectivity index (χ2v) is 6.16. The third-order valence-corrected chi connectivity index (χ3v) is 3.91. The second kappa shape index (κ2) is 10.2. The molecule has 0 aromatic heterocycles. The molecule has 0 spiro atoms. The van der Waals surface area contributed by atoms with E-state index in [-0.39, 0.29) is 0 Å². The van der Waals surface area contributed by atoms with Gasteiger partial charge in [0.05, 0.1) is 11.6 Å². The number of carbonyl (C=O) groups is 2. The molecule has 0 radical (unpaired) electrons. The smallest absolute Gasteiger partial charge is 0.331 e. The molecule has 0 fully saturated rings. The Labute approximate surface area is 174 Å². The van der Waals surface area contributed by atoms with Gasteiger partial charge < -0.3 is 14.8 Å². The van der Waals surface area contributed by atoms with Crippen LogP contribution in [0.15, 0.2) is 84.9 Å². The Morgan fingerprint density at radius 1 is 0.900 bits per heavy atom. The number of esters is 1. The summed E-state index contributed by atoms with van der Waals surface area (Å²) in [6.07, 6.45) is 2.78. The Morgan fingerprint density at radius 3 is 2.23 bits per heavy atom. The molecule has 0 heterocycles. The number of nitrogens with zero attached hydrogens (tertiary/aromatic N) is 1. The minimum Gasteiger partial charge on any atom is -0.457 e. The Bertz CT molecular complexity index is 1070. The lowest BCUT2D eigenvalue weighted by atomic mass is 10.1. The van der Waals surface area contributed by atoms with E-state index in [1.165, 1.54) is 6.08 Å². The fourth-order valence-electron chi connectivity index (χ4n) is 2.45. The zero-order valence-electron chi connectivity index (χ0n) is 15.9. The lowest BCUT2D eigenvalue weighted by molar-refractivity contribution is -0.142. The van der Waals surface area contributed by atoms with Crippen molar-refractivity contribution in [3.63, 3.8) is 0 Å². The average Bonchev–Trinajstić information content (AvgIpc) is 2.78. The fourth-order valence-corrected chi connectivity index (χ4v) is 2.45. The van der Waals surface area contributed by atoms with Crippen LogP contribution < -0.4 is 10.1 Å². The number of rotatable bonds is 7. The quantitative estimate of drug-likeness (QED) is 0.466. The Morgan fingerprint density at radius 2 is 1.57 bits per heavy atom. The van der Waals surface area contributed by atoms with E-state index in [4.69, 9.17) is 14.7 Å². The molecule has 148 valence electrons. The molecule has 0 saturated heterocycles. The van der Waals surface area contributed by atoms with Gasteiger partial charge in [-0.2, -0.15) is 5.26 Å². The fraction of sp³-hybridized carbons (Fsp3) is 0.0417. The van der Waals surface area contributed by atoms with Crippen molar-refractivity contribution in [1.82, 2.24) is 0 Å². The van der Waals surface area contributed by atoms with Crippen molar-refractivity contribution in [2.24, 2.45) is 0 Å². The number of nitriles is 1. The maximum absolute atomic E-state index is 12.0. The van der Waals surface area contributed by atoms with Crippen molar-refractivity contribution in [1.29, 1.82) is 5.26 Å². The van der Waals surface area contributed by atoms with Gasteiger partial charge in [0.15, 0.2) is 6.61 Å². The first-order chi connectivity index (χ1) is 14.6. The molecule has 0 aliphatic carbocycles. The number of nitrogens with one attached hydrogen (secondary N) is 1. The highest BCUT2D eigenvalue weighted by Crippen LogP contribution is 2.22. The van der Waals surface area contributed by atoms with Crippen LogP contribution in [-0.2, 0) is 14.3 Å². The molecule has 0 atom stereocenters. The van der Waals surface area contributed by atoms with Crippen molar-refractivity contribution in [2.45, 2.75) is 0 Å². The highest BCUT2D eigenvalue weighted by Gasteiger charge is 2.06. The van der Waals surface area contributed by atoms with Gasteiger partial charge in [-0.1, -0.05) is 30.3 Å². The predicted molar refractivity (Wildman–Crippen MR) is 113 cm³/mol. The van der Waals surface area contributed by atoms with Gasteiger partial charge in [0.25, 0.3) is 5.91 Å². The first-order valence-corrected chi connectivity index (χ1v) is 9.10. The van der Waals surface area contributed by atoms with Gasteiger partial charge in [-0.15, -0.1) is 0 Å². The second-order valence-electron chi connectivity index (χ2n) is 6.16. The number of para-hydroxylation sites is 1. The van der Waals surface area contributed by atoms with E-state index in [1.54, 1.807) is 54.6 Å². The number of ether oxygens (including phenoxy) is 2. The Hall–Kier alpha value is -4.37. The molecule has 0 bridgehead atoms. The van der Waals surface area contributed by atoms with Crippen molar-refractivity contribution in [3.8, 4) is 17.6 Å². The predicted octanol–water partition coefficient (Wildman–Crippen LogP) is 4.55. The van der Waals surface area contributed by atoms with Crippen LogP contribution in [0.25, 0.3) is 6.08 Å². The van der Waals surface area contributed by atoms with Crippen LogP contribution >= 0.6 is 0 Å². The van der Waals surface area contributed by atoms with Gasteiger partial charge in [0.1, 0.15) is 11.5 Å². The Balaban J connectivity index is 1.44. The van der Waals surface area contributed by atoms with Crippen LogP contribution in [0.2, 0.25) is 0 Å². The highest BCUT2D eigenvalue weighted by molar-refractivity contribution is 5.94. The molecule has 3 rings (SSSR count). The molecule has 3 aromatic carbocycles. The number of hydrogen-bond acceptors (Lipinski definition) is 5. The van der Waals surface area contributed by atoms with E-state index < -0.39 is 18.5 Å². The topological polar surface area (TPSA) is 88.4 Å². The average molecular weight is 398 g/mol. The maximum Gasteiger partial charge on any atom is 0.331 e. The summed E-state index contributed by atoms with van der Waals surface area (Å²) < 4.78 is 10.6. The number of hydrogen-bond donors (Lipinski definition) is 1. The van der Waals surface area contributed by atoms with Gasteiger partial charge in [0, 0.05) is 11.8 Å². The van der Waals surface area contributed by atoms with Gasteiger partial charge >= 0.3 is 5.97 Å². The summed E-state index contributed by atoms with van der Waals surface area (Å²) in [5.41, 5.74) is 1.84. The monoisotopic (exact) mass is 398 g/mol. The van der Waals surface area contributed by atoms with E-state index in [9.17, 15) is 9.59 Å². The summed E-state index contributed by atoms with van der Waals surface area (Å²) in [6, 6.07) is 24.9. The largest absolute Gasteiger partial charge is 0.457 e. The molecule has 0 saturated carbocycles. The van der Waals surface area contributed by atoms with E-state index in [0.29, 0.717) is 17.0 Å². The molecular formula is C24H18N2O4. The van der Waals surface area contributed by atoms with E-state index >= 15 is 0 Å². The number of amides is 1. The minimum atomic E-state index is -0.638. The molecule has 6 nitrogen and oxygen atoms in total. The first-order valence-electron chi connectivity index (χ1n) is 9.10. The van der Waals surface area contributed by atoms with Crippen molar-refractivity contribution < 1.29 is 19.1 Å². The van der Waals surface area contributed by atoms with Gasteiger partial charge in [-0.05, 0) is 60.2 Å². The molecule has 0 aliphatic rings. The SMILES string of the molecule is N#Cc1ccc(/C=C/C(=O)OCC(=O)Nc2ccc(Oc3ccccc3)cc2)cc1. The summed E-state index contributed by atoms with van der Waals surface area (Å²) in [4.78, 5) is 23.7. The van der Waals surface area contributed by atoms with Crippen LogP contribution in [0, 0.1) is 11.3 Å². The number of benzene rings is 3. The molecule has 30 heavy (non-hydrogen) atoms. The van der Waals surface area contributed by atoms with Crippen molar-refractivity contribution >= 4 is 23.6 Å². The van der Waals surface area contributed by atoms with E-state index in [1.807, 2.05) is 36.4 Å². The Kier molecular flexibility index (Phi) is 6.96. The molecule has 3 aromatic rings.